The molecule has 4 heteroatoms. The van der Waals surface area contributed by atoms with Crippen LogP contribution in [-0.4, -0.2) is 28.1 Å². The number of benzene rings is 2. The monoisotopic (exact) mass is 326 g/mol. The minimum absolute atomic E-state index is 0.0226. The minimum atomic E-state index is -0.130. The number of aromatic hydroxyl groups is 1. The van der Waals surface area contributed by atoms with Gasteiger partial charge in [-0.1, -0.05) is 24.3 Å². The van der Waals surface area contributed by atoms with Gasteiger partial charge in [-0.2, -0.15) is 0 Å². The highest BCUT2D eigenvalue weighted by Crippen LogP contribution is 2.30. The third-order valence-electron chi connectivity index (χ3n) is 4.63. The smallest absolute Gasteiger partial charge is 0.251 e. The van der Waals surface area contributed by atoms with Crippen molar-refractivity contribution < 1.29 is 9.90 Å². The van der Waals surface area contributed by atoms with Gasteiger partial charge in [-0.05, 0) is 58.1 Å². The summed E-state index contributed by atoms with van der Waals surface area (Å²) in [5.74, 6) is 0.0128. The molecule has 1 saturated heterocycles. The molecule has 1 heterocycles. The lowest BCUT2D eigenvalue weighted by molar-refractivity contribution is 0.0873. The van der Waals surface area contributed by atoms with Crippen molar-refractivity contribution in [2.45, 2.75) is 57.7 Å². The SMILES string of the molecule is CC1(C)CC(NC(=O)c2cc(O)c3ccccc3c2)CC(C)(C)N1. The molecule has 0 aromatic heterocycles. The zero-order valence-corrected chi connectivity index (χ0v) is 14.8. The fraction of sp³-hybridized carbons (Fsp3) is 0.450. The Morgan fingerprint density at radius 1 is 1.12 bits per heavy atom. The van der Waals surface area contributed by atoms with Gasteiger partial charge in [0.1, 0.15) is 5.75 Å². The topological polar surface area (TPSA) is 61.4 Å². The number of nitrogens with one attached hydrogen (secondary N) is 2. The normalized spacial score (nSPS) is 20.0. The predicted octanol–water partition coefficient (Wildman–Crippen LogP) is 3.58. The Kier molecular flexibility index (Phi) is 4.04. The molecule has 0 atom stereocenters. The Labute approximate surface area is 143 Å². The molecule has 4 nitrogen and oxygen atoms in total. The molecule has 128 valence electrons. The first-order valence-corrected chi connectivity index (χ1v) is 8.47. The highest BCUT2D eigenvalue weighted by Gasteiger charge is 2.38. The minimum Gasteiger partial charge on any atom is -0.507 e. The lowest BCUT2D eigenvalue weighted by atomic mass is 9.79. The van der Waals surface area contributed by atoms with Crippen molar-refractivity contribution in [3.8, 4) is 5.75 Å². The van der Waals surface area contributed by atoms with Crippen LogP contribution in [0, 0.1) is 0 Å². The van der Waals surface area contributed by atoms with Crippen molar-refractivity contribution in [3.05, 3.63) is 42.0 Å². The molecule has 2 aromatic carbocycles. The van der Waals surface area contributed by atoms with E-state index in [1.54, 1.807) is 6.07 Å². The Hall–Kier alpha value is -2.07. The molecule has 3 rings (SSSR count). The van der Waals surface area contributed by atoms with Crippen LogP contribution in [0.5, 0.6) is 5.75 Å². The van der Waals surface area contributed by atoms with E-state index in [1.807, 2.05) is 30.3 Å². The van der Waals surface area contributed by atoms with Crippen molar-refractivity contribution in [2.75, 3.05) is 0 Å². The number of amides is 1. The Bertz CT molecular complexity index is 764. The van der Waals surface area contributed by atoms with Gasteiger partial charge in [-0.3, -0.25) is 4.79 Å². The fourth-order valence-corrected chi connectivity index (χ4v) is 4.11. The average molecular weight is 326 g/mol. The Morgan fingerprint density at radius 2 is 1.75 bits per heavy atom. The predicted molar refractivity (Wildman–Crippen MR) is 97.4 cm³/mol. The van der Waals surface area contributed by atoms with Crippen LogP contribution in [0.25, 0.3) is 10.8 Å². The van der Waals surface area contributed by atoms with E-state index in [0.29, 0.717) is 5.56 Å². The van der Waals surface area contributed by atoms with Crippen LogP contribution >= 0.6 is 0 Å². The summed E-state index contributed by atoms with van der Waals surface area (Å²) < 4.78 is 0. The van der Waals surface area contributed by atoms with E-state index >= 15 is 0 Å². The molecule has 0 bridgehead atoms. The van der Waals surface area contributed by atoms with E-state index in [0.717, 1.165) is 23.6 Å². The number of carbonyl (C=O) groups excluding carboxylic acids is 1. The van der Waals surface area contributed by atoms with Crippen LogP contribution in [0.2, 0.25) is 0 Å². The molecule has 0 spiro atoms. The van der Waals surface area contributed by atoms with Gasteiger partial charge in [0.05, 0.1) is 0 Å². The number of piperidine rings is 1. The lowest BCUT2D eigenvalue weighted by Gasteiger charge is -2.46. The summed E-state index contributed by atoms with van der Waals surface area (Å²) in [5, 5.41) is 18.6. The second kappa shape index (κ2) is 5.78. The van der Waals surface area contributed by atoms with Gasteiger partial charge in [0.2, 0.25) is 0 Å². The molecule has 2 aromatic rings. The molecular weight excluding hydrogens is 300 g/mol. The lowest BCUT2D eigenvalue weighted by Crippen LogP contribution is -2.62. The van der Waals surface area contributed by atoms with Crippen molar-refractivity contribution in [1.82, 2.24) is 10.6 Å². The van der Waals surface area contributed by atoms with E-state index in [4.69, 9.17) is 0 Å². The summed E-state index contributed by atoms with van der Waals surface area (Å²) in [7, 11) is 0. The maximum atomic E-state index is 12.7. The van der Waals surface area contributed by atoms with Gasteiger partial charge in [-0.25, -0.2) is 0 Å². The summed E-state index contributed by atoms with van der Waals surface area (Å²) in [6.45, 7) is 8.65. The van der Waals surface area contributed by atoms with Crippen LogP contribution < -0.4 is 10.6 Å². The molecule has 0 aliphatic carbocycles. The summed E-state index contributed by atoms with van der Waals surface area (Å²) in [6, 6.07) is 11.0. The molecular formula is C20H26N2O2. The van der Waals surface area contributed by atoms with Gasteiger partial charge in [0.25, 0.3) is 5.91 Å². The van der Waals surface area contributed by atoms with Crippen molar-refractivity contribution in [1.29, 1.82) is 0 Å². The van der Waals surface area contributed by atoms with Gasteiger partial charge in [0.15, 0.2) is 0 Å². The number of rotatable bonds is 2. The van der Waals surface area contributed by atoms with Crippen LogP contribution in [0.3, 0.4) is 0 Å². The standard InChI is InChI=1S/C20H26N2O2/c1-19(2)11-15(12-20(3,4)22-19)21-18(24)14-9-13-7-5-6-8-16(13)17(23)10-14/h5-10,15,22-23H,11-12H2,1-4H3,(H,21,24). The molecule has 3 N–H and O–H groups in total. The third kappa shape index (κ3) is 3.54. The maximum absolute atomic E-state index is 12.7. The van der Waals surface area contributed by atoms with E-state index in [2.05, 4.69) is 38.3 Å². The van der Waals surface area contributed by atoms with Crippen molar-refractivity contribution in [3.63, 3.8) is 0 Å². The molecule has 1 aliphatic rings. The number of fused-ring (bicyclic) bond motifs is 1. The number of hydrogen-bond acceptors (Lipinski definition) is 3. The second-order valence-electron chi connectivity index (χ2n) is 8.19. The third-order valence-corrected chi connectivity index (χ3v) is 4.63. The number of carbonyl (C=O) groups is 1. The molecule has 0 radical (unpaired) electrons. The number of phenols is 1. The van der Waals surface area contributed by atoms with E-state index in [1.165, 1.54) is 0 Å². The summed E-state index contributed by atoms with van der Waals surface area (Å²) >= 11 is 0. The van der Waals surface area contributed by atoms with Gasteiger partial charge in [-0.15, -0.1) is 0 Å². The largest absolute Gasteiger partial charge is 0.507 e. The Balaban J connectivity index is 1.82. The first-order chi connectivity index (χ1) is 11.2. The first-order valence-electron chi connectivity index (χ1n) is 8.47. The zero-order chi connectivity index (χ0) is 17.5. The summed E-state index contributed by atoms with van der Waals surface area (Å²) in [5.41, 5.74) is 0.455. The first kappa shape index (κ1) is 16.8. The van der Waals surface area contributed by atoms with E-state index in [-0.39, 0.29) is 28.8 Å². The van der Waals surface area contributed by atoms with Crippen LogP contribution in [0.1, 0.15) is 50.9 Å². The van der Waals surface area contributed by atoms with E-state index < -0.39 is 0 Å². The van der Waals surface area contributed by atoms with Gasteiger partial charge < -0.3 is 15.7 Å². The maximum Gasteiger partial charge on any atom is 0.251 e. The number of hydrogen-bond donors (Lipinski definition) is 3. The Morgan fingerprint density at radius 3 is 2.42 bits per heavy atom. The quantitative estimate of drug-likeness (QED) is 0.790. The highest BCUT2D eigenvalue weighted by atomic mass is 16.3. The van der Waals surface area contributed by atoms with Crippen LogP contribution in [-0.2, 0) is 0 Å². The molecule has 24 heavy (non-hydrogen) atoms. The zero-order valence-electron chi connectivity index (χ0n) is 14.8. The summed E-state index contributed by atoms with van der Waals surface area (Å²) in [6.07, 6.45) is 1.75. The highest BCUT2D eigenvalue weighted by molar-refractivity contribution is 6.00. The van der Waals surface area contributed by atoms with Crippen LogP contribution in [0.4, 0.5) is 0 Å². The fourth-order valence-electron chi connectivity index (χ4n) is 4.11. The number of phenolic OH excluding ortho intramolecular Hbond substituents is 1. The van der Waals surface area contributed by atoms with Gasteiger partial charge >= 0.3 is 0 Å². The van der Waals surface area contributed by atoms with E-state index in [9.17, 15) is 9.90 Å². The summed E-state index contributed by atoms with van der Waals surface area (Å²) in [4.78, 5) is 12.7. The molecule has 0 saturated carbocycles. The van der Waals surface area contributed by atoms with Gasteiger partial charge in [0, 0.05) is 28.1 Å². The van der Waals surface area contributed by atoms with Crippen molar-refractivity contribution >= 4 is 16.7 Å². The molecule has 1 amide bonds. The average Bonchev–Trinajstić information content (AvgIpc) is 2.43. The van der Waals surface area contributed by atoms with Crippen LogP contribution in [0.15, 0.2) is 36.4 Å². The molecule has 0 unspecified atom stereocenters. The second-order valence-corrected chi connectivity index (χ2v) is 8.19. The molecule has 1 fully saturated rings. The van der Waals surface area contributed by atoms with Crippen molar-refractivity contribution in [2.24, 2.45) is 0 Å². The molecule has 1 aliphatic heterocycles.